The van der Waals surface area contributed by atoms with Crippen LogP contribution in [0.4, 0.5) is 5.69 Å². The van der Waals surface area contributed by atoms with E-state index in [-0.39, 0.29) is 18.2 Å². The van der Waals surface area contributed by atoms with Crippen LogP contribution in [0.25, 0.3) is 11.2 Å². The third-order valence-corrected chi connectivity index (χ3v) is 5.71. The number of H-pyrrole nitrogens is 1. The first-order valence-corrected chi connectivity index (χ1v) is 12.1. The zero-order valence-corrected chi connectivity index (χ0v) is 19.8. The number of unbranched alkanes of at least 4 members (excludes halogenated alkanes) is 1. The Kier molecular flexibility index (Phi) is 7.89. The first kappa shape index (κ1) is 23.8. The summed E-state index contributed by atoms with van der Waals surface area (Å²) in [6, 6.07) is 3.67. The van der Waals surface area contributed by atoms with Gasteiger partial charge < -0.3 is 9.88 Å². The van der Waals surface area contributed by atoms with Gasteiger partial charge in [0.25, 0.3) is 5.56 Å². The van der Waals surface area contributed by atoms with Crippen molar-refractivity contribution >= 4 is 34.5 Å². The number of hydrogen-bond donors (Lipinski definition) is 2. The van der Waals surface area contributed by atoms with Crippen LogP contribution in [0.5, 0.6) is 0 Å². The van der Waals surface area contributed by atoms with E-state index < -0.39 is 11.2 Å². The van der Waals surface area contributed by atoms with Crippen LogP contribution in [0.2, 0.25) is 0 Å². The molecule has 0 saturated heterocycles. The van der Waals surface area contributed by atoms with Crippen LogP contribution in [-0.2, 0) is 24.3 Å². The lowest BCUT2D eigenvalue weighted by Gasteiger charge is -2.11. The van der Waals surface area contributed by atoms with E-state index in [9.17, 15) is 14.4 Å². The van der Waals surface area contributed by atoms with Crippen molar-refractivity contribution in [3.63, 3.8) is 0 Å². The van der Waals surface area contributed by atoms with Gasteiger partial charge in [0.1, 0.15) is 5.82 Å². The summed E-state index contributed by atoms with van der Waals surface area (Å²) in [5.74, 6) is 0.724. The number of carbonyl (C=O) groups excluding carboxylic acids is 1. The highest BCUT2D eigenvalue weighted by molar-refractivity contribution is 7.98. The summed E-state index contributed by atoms with van der Waals surface area (Å²) in [5.41, 5.74) is 0.521. The van der Waals surface area contributed by atoms with Crippen molar-refractivity contribution in [2.24, 2.45) is 5.92 Å². The number of thioether (sulfide) groups is 1. The molecule has 0 unspecified atom stereocenters. The van der Waals surface area contributed by atoms with Gasteiger partial charge in [-0.25, -0.2) is 14.8 Å². The highest BCUT2D eigenvalue weighted by Crippen LogP contribution is 2.17. The molecule has 172 valence electrons. The Hall–Kier alpha value is -2.88. The van der Waals surface area contributed by atoms with Gasteiger partial charge >= 0.3 is 5.69 Å². The van der Waals surface area contributed by atoms with Crippen molar-refractivity contribution in [1.82, 2.24) is 24.1 Å². The number of amides is 1. The standard InChI is InChI=1S/C22H30N6O3S/c1-5-6-11-27-20-19(21(30)26-22(27)31)28(13-14(2)3)16(25-20)8-9-17(29)24-15-7-10-18(32-4)23-12-15/h7,10,12,14H,5-6,8-9,11,13H2,1-4H3,(H,24,29)(H,26,30,31). The summed E-state index contributed by atoms with van der Waals surface area (Å²) in [5, 5.41) is 3.73. The summed E-state index contributed by atoms with van der Waals surface area (Å²) < 4.78 is 3.38. The van der Waals surface area contributed by atoms with Gasteiger partial charge in [-0.05, 0) is 30.7 Å². The fourth-order valence-electron chi connectivity index (χ4n) is 3.52. The molecule has 32 heavy (non-hydrogen) atoms. The van der Waals surface area contributed by atoms with Crippen molar-refractivity contribution in [1.29, 1.82) is 0 Å². The summed E-state index contributed by atoms with van der Waals surface area (Å²) in [7, 11) is 0. The van der Waals surface area contributed by atoms with Crippen molar-refractivity contribution in [2.45, 2.75) is 64.6 Å². The number of anilines is 1. The van der Waals surface area contributed by atoms with E-state index in [0.29, 0.717) is 42.2 Å². The second kappa shape index (κ2) is 10.6. The normalized spacial score (nSPS) is 11.4. The van der Waals surface area contributed by atoms with Gasteiger partial charge in [0, 0.05) is 25.9 Å². The van der Waals surface area contributed by atoms with E-state index in [1.807, 2.05) is 29.9 Å². The maximum Gasteiger partial charge on any atom is 0.330 e. The Bertz CT molecular complexity index is 1190. The molecule has 9 nitrogen and oxygen atoms in total. The lowest BCUT2D eigenvalue weighted by atomic mass is 10.2. The van der Waals surface area contributed by atoms with Crippen LogP contribution >= 0.6 is 11.8 Å². The van der Waals surface area contributed by atoms with Gasteiger partial charge in [-0.3, -0.25) is 19.1 Å². The molecular formula is C22H30N6O3S. The molecule has 0 aliphatic rings. The number of pyridine rings is 1. The molecule has 0 radical (unpaired) electrons. The first-order valence-electron chi connectivity index (χ1n) is 10.9. The molecular weight excluding hydrogens is 428 g/mol. The van der Waals surface area contributed by atoms with Crippen LogP contribution in [0, 0.1) is 5.92 Å². The number of rotatable bonds is 10. The molecule has 0 aliphatic carbocycles. The Morgan fingerprint density at radius 3 is 2.66 bits per heavy atom. The predicted octanol–water partition coefficient (Wildman–Crippen LogP) is 3.03. The van der Waals surface area contributed by atoms with Gasteiger partial charge in [-0.1, -0.05) is 27.2 Å². The average molecular weight is 459 g/mol. The van der Waals surface area contributed by atoms with Crippen LogP contribution in [0.3, 0.4) is 0 Å². The number of aryl methyl sites for hydroxylation is 2. The number of imidazole rings is 1. The Morgan fingerprint density at radius 1 is 1.25 bits per heavy atom. The molecule has 0 spiro atoms. The van der Waals surface area contributed by atoms with Crippen LogP contribution < -0.4 is 16.6 Å². The molecule has 0 aliphatic heterocycles. The van der Waals surface area contributed by atoms with Crippen molar-refractivity contribution < 1.29 is 4.79 Å². The summed E-state index contributed by atoms with van der Waals surface area (Å²) in [4.78, 5) is 48.9. The van der Waals surface area contributed by atoms with E-state index in [0.717, 1.165) is 17.9 Å². The van der Waals surface area contributed by atoms with E-state index in [1.54, 1.807) is 6.20 Å². The topological polar surface area (TPSA) is 115 Å². The monoisotopic (exact) mass is 458 g/mol. The predicted molar refractivity (Wildman–Crippen MR) is 127 cm³/mol. The summed E-state index contributed by atoms with van der Waals surface area (Å²) in [6.07, 6.45) is 5.84. The maximum atomic E-state index is 12.7. The SMILES string of the molecule is CCCCn1c(=O)[nH]c(=O)c2c1nc(CCC(=O)Nc1ccc(SC)nc1)n2CC(C)C. The van der Waals surface area contributed by atoms with Crippen LogP contribution in [0.15, 0.2) is 32.9 Å². The average Bonchev–Trinajstić information content (AvgIpc) is 3.10. The molecule has 3 heterocycles. The Morgan fingerprint density at radius 2 is 2.03 bits per heavy atom. The maximum absolute atomic E-state index is 12.7. The zero-order chi connectivity index (χ0) is 23.3. The highest BCUT2D eigenvalue weighted by atomic mass is 32.2. The highest BCUT2D eigenvalue weighted by Gasteiger charge is 2.19. The van der Waals surface area contributed by atoms with Gasteiger partial charge in [-0.2, -0.15) is 0 Å². The molecule has 0 bridgehead atoms. The minimum Gasteiger partial charge on any atom is -0.325 e. The van der Waals surface area contributed by atoms with Gasteiger partial charge in [0.05, 0.1) is 16.9 Å². The molecule has 3 rings (SSSR count). The lowest BCUT2D eigenvalue weighted by molar-refractivity contribution is -0.116. The van der Waals surface area contributed by atoms with Gasteiger partial charge in [0.15, 0.2) is 11.2 Å². The lowest BCUT2D eigenvalue weighted by Crippen LogP contribution is -2.31. The van der Waals surface area contributed by atoms with Crippen LogP contribution in [0.1, 0.15) is 45.9 Å². The zero-order valence-electron chi connectivity index (χ0n) is 19.0. The summed E-state index contributed by atoms with van der Waals surface area (Å²) >= 11 is 1.53. The van der Waals surface area contributed by atoms with Crippen LogP contribution in [-0.4, -0.2) is 36.2 Å². The molecule has 3 aromatic heterocycles. The number of nitrogens with one attached hydrogen (secondary N) is 2. The van der Waals surface area contributed by atoms with Crippen molar-refractivity contribution in [2.75, 3.05) is 11.6 Å². The Balaban J connectivity index is 1.88. The van der Waals surface area contributed by atoms with E-state index in [2.05, 4.69) is 34.1 Å². The van der Waals surface area contributed by atoms with E-state index in [1.165, 1.54) is 16.3 Å². The van der Waals surface area contributed by atoms with Crippen molar-refractivity contribution in [3.05, 3.63) is 45.0 Å². The fourth-order valence-corrected chi connectivity index (χ4v) is 3.88. The number of hydrogen-bond acceptors (Lipinski definition) is 6. The molecule has 0 saturated carbocycles. The third-order valence-electron chi connectivity index (χ3n) is 5.05. The number of carbonyl (C=O) groups is 1. The molecule has 2 N–H and O–H groups in total. The molecule has 0 fully saturated rings. The van der Waals surface area contributed by atoms with Gasteiger partial charge in [0.2, 0.25) is 5.91 Å². The van der Waals surface area contributed by atoms with Gasteiger partial charge in [-0.15, -0.1) is 11.8 Å². The summed E-state index contributed by atoms with van der Waals surface area (Å²) in [6.45, 7) is 7.20. The number of aromatic nitrogens is 5. The smallest absolute Gasteiger partial charge is 0.325 e. The molecule has 3 aromatic rings. The number of fused-ring (bicyclic) bond motifs is 1. The number of nitrogens with zero attached hydrogens (tertiary/aromatic N) is 4. The second-order valence-electron chi connectivity index (χ2n) is 8.11. The second-order valence-corrected chi connectivity index (χ2v) is 8.93. The molecule has 1 amide bonds. The minimum absolute atomic E-state index is 0.163. The van der Waals surface area contributed by atoms with E-state index in [4.69, 9.17) is 0 Å². The first-order chi connectivity index (χ1) is 15.3. The third kappa shape index (κ3) is 5.48. The number of aromatic amines is 1. The Labute approximate surface area is 190 Å². The molecule has 10 heteroatoms. The fraction of sp³-hybridized carbons (Fsp3) is 0.500. The van der Waals surface area contributed by atoms with E-state index >= 15 is 0 Å². The molecule has 0 atom stereocenters. The quantitative estimate of drug-likeness (QED) is 0.451. The molecule has 0 aromatic carbocycles. The largest absolute Gasteiger partial charge is 0.330 e. The van der Waals surface area contributed by atoms with Crippen molar-refractivity contribution in [3.8, 4) is 0 Å². The minimum atomic E-state index is -0.448.